The van der Waals surface area contributed by atoms with Crippen LogP contribution in [-0.4, -0.2) is 18.6 Å². The third-order valence-electron chi connectivity index (χ3n) is 3.22. The topological polar surface area (TPSA) is 38.0 Å². The highest BCUT2D eigenvalue weighted by Gasteiger charge is 2.25. The van der Waals surface area contributed by atoms with Gasteiger partial charge in [0.15, 0.2) is 0 Å². The van der Waals surface area contributed by atoms with Gasteiger partial charge in [0.05, 0.1) is 0 Å². The van der Waals surface area contributed by atoms with Crippen LogP contribution in [0.5, 0.6) is 0 Å². The first kappa shape index (κ1) is 8.52. The van der Waals surface area contributed by atoms with Crippen LogP contribution in [0, 0.1) is 5.92 Å². The molecular formula is C10H20N2. The van der Waals surface area contributed by atoms with Gasteiger partial charge in [-0.05, 0) is 38.1 Å². The summed E-state index contributed by atoms with van der Waals surface area (Å²) in [5.41, 5.74) is 6.09. The molecule has 2 atom stereocenters. The fraction of sp³-hybridized carbons (Fsp3) is 1.00. The van der Waals surface area contributed by atoms with Crippen LogP contribution >= 0.6 is 0 Å². The molecule has 1 saturated carbocycles. The zero-order chi connectivity index (χ0) is 8.39. The Morgan fingerprint density at radius 3 is 2.75 bits per heavy atom. The minimum atomic E-state index is 0.424. The van der Waals surface area contributed by atoms with Gasteiger partial charge in [-0.1, -0.05) is 12.8 Å². The van der Waals surface area contributed by atoms with Gasteiger partial charge >= 0.3 is 0 Å². The summed E-state index contributed by atoms with van der Waals surface area (Å²) in [6.45, 7) is 1.18. The Hall–Kier alpha value is -0.0800. The van der Waals surface area contributed by atoms with Gasteiger partial charge in [0, 0.05) is 12.1 Å². The van der Waals surface area contributed by atoms with Crippen molar-refractivity contribution in [2.24, 2.45) is 11.7 Å². The van der Waals surface area contributed by atoms with Crippen LogP contribution in [0.3, 0.4) is 0 Å². The van der Waals surface area contributed by atoms with Crippen molar-refractivity contribution in [1.29, 1.82) is 0 Å². The lowest BCUT2D eigenvalue weighted by molar-refractivity contribution is 0.439. The van der Waals surface area contributed by atoms with Crippen molar-refractivity contribution < 1.29 is 0 Å². The average molecular weight is 168 g/mol. The maximum Gasteiger partial charge on any atom is 0.0219 e. The SMILES string of the molecule is NC(CCC1CC1)C1CCCN1. The summed E-state index contributed by atoms with van der Waals surface area (Å²) in [6, 6.07) is 1.05. The molecule has 2 rings (SSSR count). The van der Waals surface area contributed by atoms with Crippen molar-refractivity contribution in [2.75, 3.05) is 6.54 Å². The molecule has 1 saturated heterocycles. The zero-order valence-electron chi connectivity index (χ0n) is 7.76. The van der Waals surface area contributed by atoms with Gasteiger partial charge in [-0.2, -0.15) is 0 Å². The number of nitrogens with one attached hydrogen (secondary N) is 1. The van der Waals surface area contributed by atoms with Gasteiger partial charge in [0.1, 0.15) is 0 Å². The van der Waals surface area contributed by atoms with Crippen LogP contribution in [0.15, 0.2) is 0 Å². The summed E-state index contributed by atoms with van der Waals surface area (Å²) < 4.78 is 0. The van der Waals surface area contributed by atoms with Crippen LogP contribution in [0.25, 0.3) is 0 Å². The molecule has 0 amide bonds. The normalized spacial score (nSPS) is 32.2. The fourth-order valence-corrected chi connectivity index (χ4v) is 2.11. The Morgan fingerprint density at radius 2 is 2.17 bits per heavy atom. The van der Waals surface area contributed by atoms with Gasteiger partial charge in [-0.15, -0.1) is 0 Å². The van der Waals surface area contributed by atoms with E-state index in [2.05, 4.69) is 5.32 Å². The molecule has 0 aromatic heterocycles. The van der Waals surface area contributed by atoms with E-state index in [1.54, 1.807) is 0 Å². The van der Waals surface area contributed by atoms with E-state index < -0.39 is 0 Å². The summed E-state index contributed by atoms with van der Waals surface area (Å²) in [7, 11) is 0. The molecular weight excluding hydrogens is 148 g/mol. The summed E-state index contributed by atoms with van der Waals surface area (Å²) in [5.74, 6) is 1.04. The Morgan fingerprint density at radius 1 is 1.33 bits per heavy atom. The van der Waals surface area contributed by atoms with Crippen LogP contribution in [0.2, 0.25) is 0 Å². The molecule has 0 bridgehead atoms. The quantitative estimate of drug-likeness (QED) is 0.663. The van der Waals surface area contributed by atoms with E-state index >= 15 is 0 Å². The van der Waals surface area contributed by atoms with Crippen LogP contribution in [0.1, 0.15) is 38.5 Å². The van der Waals surface area contributed by atoms with Crippen molar-refractivity contribution >= 4 is 0 Å². The van der Waals surface area contributed by atoms with E-state index in [4.69, 9.17) is 5.73 Å². The maximum atomic E-state index is 6.09. The first-order valence-corrected chi connectivity index (χ1v) is 5.35. The summed E-state index contributed by atoms with van der Waals surface area (Å²) in [4.78, 5) is 0. The molecule has 2 heteroatoms. The highest BCUT2D eigenvalue weighted by molar-refractivity contribution is 4.85. The highest BCUT2D eigenvalue weighted by atomic mass is 15.0. The summed E-state index contributed by atoms with van der Waals surface area (Å²) in [6.07, 6.45) is 8.16. The molecule has 2 fully saturated rings. The minimum Gasteiger partial charge on any atom is -0.326 e. The van der Waals surface area contributed by atoms with Crippen molar-refractivity contribution in [1.82, 2.24) is 5.32 Å². The smallest absolute Gasteiger partial charge is 0.0219 e. The van der Waals surface area contributed by atoms with Gasteiger partial charge in [-0.3, -0.25) is 0 Å². The van der Waals surface area contributed by atoms with Gasteiger partial charge in [0.2, 0.25) is 0 Å². The van der Waals surface area contributed by atoms with Gasteiger partial charge < -0.3 is 11.1 Å². The largest absolute Gasteiger partial charge is 0.326 e. The molecule has 0 spiro atoms. The van der Waals surface area contributed by atoms with Crippen LogP contribution in [0.4, 0.5) is 0 Å². The molecule has 12 heavy (non-hydrogen) atoms. The van der Waals surface area contributed by atoms with E-state index in [-0.39, 0.29) is 0 Å². The first-order chi connectivity index (χ1) is 5.86. The van der Waals surface area contributed by atoms with E-state index in [1.807, 2.05) is 0 Å². The number of hydrogen-bond acceptors (Lipinski definition) is 2. The highest BCUT2D eigenvalue weighted by Crippen LogP contribution is 2.34. The van der Waals surface area contributed by atoms with Crippen LogP contribution in [-0.2, 0) is 0 Å². The monoisotopic (exact) mass is 168 g/mol. The standard InChI is InChI=1S/C10H20N2/c11-9(6-5-8-3-4-8)10-2-1-7-12-10/h8-10,12H,1-7,11H2. The third-order valence-corrected chi connectivity index (χ3v) is 3.22. The lowest BCUT2D eigenvalue weighted by Gasteiger charge is -2.18. The second kappa shape index (κ2) is 3.75. The van der Waals surface area contributed by atoms with Crippen LogP contribution < -0.4 is 11.1 Å². The molecule has 1 aliphatic heterocycles. The van der Waals surface area contributed by atoms with E-state index in [1.165, 1.54) is 45.1 Å². The molecule has 1 aliphatic carbocycles. The first-order valence-electron chi connectivity index (χ1n) is 5.35. The van der Waals surface area contributed by atoms with Crippen molar-refractivity contribution in [3.8, 4) is 0 Å². The molecule has 1 heterocycles. The molecule has 2 aliphatic rings. The zero-order valence-corrected chi connectivity index (χ0v) is 7.76. The molecule has 3 N–H and O–H groups in total. The maximum absolute atomic E-state index is 6.09. The second-order valence-electron chi connectivity index (χ2n) is 4.39. The molecule has 2 unspecified atom stereocenters. The van der Waals surface area contributed by atoms with Gasteiger partial charge in [-0.25, -0.2) is 0 Å². The fourth-order valence-electron chi connectivity index (χ4n) is 2.11. The Bertz CT molecular complexity index is 137. The van der Waals surface area contributed by atoms with Crippen molar-refractivity contribution in [2.45, 2.75) is 50.6 Å². The summed E-state index contributed by atoms with van der Waals surface area (Å²) in [5, 5.41) is 3.48. The molecule has 0 aromatic rings. The Labute approximate surface area is 74.9 Å². The second-order valence-corrected chi connectivity index (χ2v) is 4.39. The van der Waals surface area contributed by atoms with E-state index in [9.17, 15) is 0 Å². The lowest BCUT2D eigenvalue weighted by Crippen LogP contribution is -2.41. The molecule has 0 aromatic carbocycles. The average Bonchev–Trinajstić information content (AvgIpc) is 2.74. The lowest BCUT2D eigenvalue weighted by atomic mass is 10.0. The minimum absolute atomic E-state index is 0.424. The number of hydrogen-bond donors (Lipinski definition) is 2. The number of rotatable bonds is 4. The predicted octanol–water partition coefficient (Wildman–Crippen LogP) is 1.26. The van der Waals surface area contributed by atoms with E-state index in [0.29, 0.717) is 12.1 Å². The Kier molecular flexibility index (Phi) is 2.66. The van der Waals surface area contributed by atoms with E-state index in [0.717, 1.165) is 5.92 Å². The predicted molar refractivity (Wildman–Crippen MR) is 51.0 cm³/mol. The van der Waals surface area contributed by atoms with Gasteiger partial charge in [0.25, 0.3) is 0 Å². The third kappa shape index (κ3) is 2.20. The molecule has 70 valence electrons. The number of nitrogens with two attached hydrogens (primary N) is 1. The molecule has 2 nitrogen and oxygen atoms in total. The summed E-state index contributed by atoms with van der Waals surface area (Å²) >= 11 is 0. The van der Waals surface area contributed by atoms with Crippen molar-refractivity contribution in [3.63, 3.8) is 0 Å². The van der Waals surface area contributed by atoms with Crippen molar-refractivity contribution in [3.05, 3.63) is 0 Å². The molecule has 0 radical (unpaired) electrons. The Balaban J connectivity index is 1.64.